The van der Waals surface area contributed by atoms with Crippen LogP contribution in [0.15, 0.2) is 18.2 Å². The van der Waals surface area contributed by atoms with Crippen LogP contribution < -0.4 is 9.47 Å². The lowest BCUT2D eigenvalue weighted by molar-refractivity contribution is 0.156. The molecule has 106 valence electrons. The number of hydrogen-bond acceptors (Lipinski definition) is 5. The minimum atomic E-state index is -0.263. The average Bonchev–Trinajstić information content (AvgIpc) is 2.89. The normalized spacial score (nSPS) is 13.8. The van der Waals surface area contributed by atoms with Crippen LogP contribution in [0.1, 0.15) is 12.0 Å². The standard InChI is InChI=1S/C14H16N2O4/c1-18-13-9-11(10-15)3-4-12(13)19-7-2-5-16-6-8-20-14(16)17/h3-4,9H,2,5-8H2,1H3. The van der Waals surface area contributed by atoms with Crippen LogP contribution in [0.25, 0.3) is 0 Å². The van der Waals surface area contributed by atoms with Gasteiger partial charge < -0.3 is 19.1 Å². The molecule has 1 aliphatic rings. The van der Waals surface area contributed by atoms with Gasteiger partial charge in [-0.05, 0) is 18.6 Å². The van der Waals surface area contributed by atoms with Crippen LogP contribution in [0.5, 0.6) is 11.5 Å². The van der Waals surface area contributed by atoms with Crippen LogP contribution in [0.4, 0.5) is 4.79 Å². The number of nitrogens with zero attached hydrogens (tertiary/aromatic N) is 2. The van der Waals surface area contributed by atoms with Crippen LogP contribution in [-0.4, -0.2) is 44.4 Å². The Hall–Kier alpha value is -2.42. The Morgan fingerprint density at radius 1 is 1.45 bits per heavy atom. The van der Waals surface area contributed by atoms with Crippen molar-refractivity contribution < 1.29 is 19.0 Å². The molecule has 0 bridgehead atoms. The first kappa shape index (κ1) is 14.0. The Morgan fingerprint density at radius 3 is 2.95 bits per heavy atom. The first-order valence-corrected chi connectivity index (χ1v) is 6.37. The summed E-state index contributed by atoms with van der Waals surface area (Å²) in [5.74, 6) is 1.13. The Kier molecular flexibility index (Phi) is 4.66. The van der Waals surface area contributed by atoms with Gasteiger partial charge in [-0.15, -0.1) is 0 Å². The van der Waals surface area contributed by atoms with Gasteiger partial charge in [0.2, 0.25) is 0 Å². The molecule has 1 fully saturated rings. The highest BCUT2D eigenvalue weighted by Gasteiger charge is 2.20. The van der Waals surface area contributed by atoms with E-state index < -0.39 is 0 Å². The molecule has 1 aliphatic heterocycles. The number of hydrogen-bond donors (Lipinski definition) is 0. The summed E-state index contributed by atoms with van der Waals surface area (Å²) in [4.78, 5) is 12.9. The van der Waals surface area contributed by atoms with E-state index in [0.29, 0.717) is 49.8 Å². The third-order valence-corrected chi connectivity index (χ3v) is 2.97. The molecule has 6 heteroatoms. The van der Waals surface area contributed by atoms with Gasteiger partial charge in [-0.3, -0.25) is 0 Å². The molecule has 20 heavy (non-hydrogen) atoms. The van der Waals surface area contributed by atoms with Crippen molar-refractivity contribution in [2.24, 2.45) is 0 Å². The fourth-order valence-electron chi connectivity index (χ4n) is 1.92. The maximum absolute atomic E-state index is 11.2. The number of methoxy groups -OCH3 is 1. The maximum Gasteiger partial charge on any atom is 0.409 e. The van der Waals surface area contributed by atoms with Crippen molar-refractivity contribution in [1.29, 1.82) is 5.26 Å². The number of cyclic esters (lactones) is 1. The highest BCUT2D eigenvalue weighted by Crippen LogP contribution is 2.27. The molecule has 6 nitrogen and oxygen atoms in total. The predicted octanol–water partition coefficient (Wildman–Crippen LogP) is 1.79. The van der Waals surface area contributed by atoms with Crippen LogP contribution in [0, 0.1) is 11.3 Å². The van der Waals surface area contributed by atoms with Crippen molar-refractivity contribution in [3.05, 3.63) is 23.8 Å². The summed E-state index contributed by atoms with van der Waals surface area (Å²) in [6, 6.07) is 7.06. The van der Waals surface area contributed by atoms with Crippen LogP contribution >= 0.6 is 0 Å². The molecular formula is C14H16N2O4. The second-order valence-electron chi connectivity index (χ2n) is 4.28. The minimum Gasteiger partial charge on any atom is -0.493 e. The molecule has 0 radical (unpaired) electrons. The van der Waals surface area contributed by atoms with Gasteiger partial charge in [0.25, 0.3) is 0 Å². The van der Waals surface area contributed by atoms with E-state index >= 15 is 0 Å². The molecule has 1 saturated heterocycles. The van der Waals surface area contributed by atoms with E-state index in [9.17, 15) is 4.79 Å². The Morgan fingerprint density at radius 2 is 2.30 bits per heavy atom. The van der Waals surface area contributed by atoms with Gasteiger partial charge in [-0.25, -0.2) is 4.79 Å². The Bertz CT molecular complexity index is 524. The molecule has 2 rings (SSSR count). The number of amides is 1. The largest absolute Gasteiger partial charge is 0.493 e. The molecule has 0 aliphatic carbocycles. The zero-order valence-electron chi connectivity index (χ0n) is 11.3. The Balaban J connectivity index is 1.82. The van der Waals surface area contributed by atoms with Gasteiger partial charge in [-0.2, -0.15) is 5.26 Å². The van der Waals surface area contributed by atoms with E-state index in [4.69, 9.17) is 19.5 Å². The third-order valence-electron chi connectivity index (χ3n) is 2.97. The number of carbonyl (C=O) groups is 1. The van der Waals surface area contributed by atoms with Gasteiger partial charge in [0.05, 0.1) is 31.9 Å². The van der Waals surface area contributed by atoms with Crippen molar-refractivity contribution in [2.75, 3.05) is 33.4 Å². The van der Waals surface area contributed by atoms with Gasteiger partial charge in [0.15, 0.2) is 11.5 Å². The lowest BCUT2D eigenvalue weighted by Gasteiger charge is -2.14. The summed E-state index contributed by atoms with van der Waals surface area (Å²) in [6.45, 7) is 2.17. The van der Waals surface area contributed by atoms with E-state index in [-0.39, 0.29) is 6.09 Å². The summed E-state index contributed by atoms with van der Waals surface area (Å²) >= 11 is 0. The average molecular weight is 276 g/mol. The summed E-state index contributed by atoms with van der Waals surface area (Å²) in [5.41, 5.74) is 0.522. The summed E-state index contributed by atoms with van der Waals surface area (Å²) in [5, 5.41) is 8.81. The van der Waals surface area contributed by atoms with E-state index in [0.717, 1.165) is 0 Å². The monoisotopic (exact) mass is 276 g/mol. The van der Waals surface area contributed by atoms with Gasteiger partial charge in [-0.1, -0.05) is 0 Å². The number of carbonyl (C=O) groups excluding carboxylic acids is 1. The number of ether oxygens (including phenoxy) is 3. The number of nitriles is 1. The van der Waals surface area contributed by atoms with Crippen molar-refractivity contribution in [3.63, 3.8) is 0 Å². The van der Waals surface area contributed by atoms with Gasteiger partial charge >= 0.3 is 6.09 Å². The molecule has 0 atom stereocenters. The molecule has 0 N–H and O–H groups in total. The third kappa shape index (κ3) is 3.32. The van der Waals surface area contributed by atoms with Crippen LogP contribution in [-0.2, 0) is 4.74 Å². The van der Waals surface area contributed by atoms with Crippen LogP contribution in [0.2, 0.25) is 0 Å². The van der Waals surface area contributed by atoms with E-state index in [1.165, 1.54) is 7.11 Å². The fraction of sp³-hybridized carbons (Fsp3) is 0.429. The zero-order valence-corrected chi connectivity index (χ0v) is 11.3. The quantitative estimate of drug-likeness (QED) is 0.741. The molecule has 1 amide bonds. The van der Waals surface area contributed by atoms with E-state index in [1.54, 1.807) is 23.1 Å². The van der Waals surface area contributed by atoms with Crippen molar-refractivity contribution >= 4 is 6.09 Å². The first-order valence-electron chi connectivity index (χ1n) is 6.37. The van der Waals surface area contributed by atoms with E-state index in [2.05, 4.69) is 0 Å². The smallest absolute Gasteiger partial charge is 0.409 e. The lowest BCUT2D eigenvalue weighted by atomic mass is 10.2. The second-order valence-corrected chi connectivity index (χ2v) is 4.28. The predicted molar refractivity (Wildman–Crippen MR) is 70.7 cm³/mol. The topological polar surface area (TPSA) is 71.8 Å². The molecule has 0 spiro atoms. The molecule has 0 unspecified atom stereocenters. The molecular weight excluding hydrogens is 260 g/mol. The number of rotatable bonds is 6. The van der Waals surface area contributed by atoms with Gasteiger partial charge in [0.1, 0.15) is 6.61 Å². The van der Waals surface area contributed by atoms with Crippen LogP contribution in [0.3, 0.4) is 0 Å². The molecule has 1 heterocycles. The first-order chi connectivity index (χ1) is 9.74. The molecule has 0 saturated carbocycles. The summed E-state index contributed by atoms with van der Waals surface area (Å²) in [6.07, 6.45) is 0.444. The molecule has 1 aromatic carbocycles. The zero-order chi connectivity index (χ0) is 14.4. The lowest BCUT2D eigenvalue weighted by Crippen LogP contribution is -2.26. The molecule has 1 aromatic rings. The van der Waals surface area contributed by atoms with Crippen molar-refractivity contribution in [1.82, 2.24) is 4.90 Å². The van der Waals surface area contributed by atoms with E-state index in [1.807, 2.05) is 6.07 Å². The minimum absolute atomic E-state index is 0.263. The van der Waals surface area contributed by atoms with Crippen molar-refractivity contribution in [3.8, 4) is 17.6 Å². The summed E-state index contributed by atoms with van der Waals surface area (Å²) < 4.78 is 15.6. The maximum atomic E-state index is 11.2. The fourth-order valence-corrected chi connectivity index (χ4v) is 1.92. The second kappa shape index (κ2) is 6.66. The number of benzene rings is 1. The SMILES string of the molecule is COc1cc(C#N)ccc1OCCCN1CCOC1=O. The highest BCUT2D eigenvalue weighted by molar-refractivity contribution is 5.69. The van der Waals surface area contributed by atoms with Crippen molar-refractivity contribution in [2.45, 2.75) is 6.42 Å². The highest BCUT2D eigenvalue weighted by atomic mass is 16.6. The Labute approximate surface area is 117 Å². The van der Waals surface area contributed by atoms with Gasteiger partial charge in [0, 0.05) is 12.6 Å². The molecule has 0 aromatic heterocycles. The summed E-state index contributed by atoms with van der Waals surface area (Å²) in [7, 11) is 1.53.